The Morgan fingerprint density at radius 1 is 1.58 bits per heavy atom. The number of hydrogen-bond donors (Lipinski definition) is 0. The predicted molar refractivity (Wildman–Crippen MR) is 46.8 cm³/mol. The largest absolute Gasteiger partial charge is 0.258 e. The monoisotopic (exact) mass is 189 g/mol. The van der Waals surface area contributed by atoms with Gasteiger partial charge in [0.05, 0.1) is 0 Å². The highest BCUT2D eigenvalue weighted by atomic mass is 32.2. The SMILES string of the molecule is C=CN(C)N=NC(=C)S(C)(=O)=O. The minimum absolute atomic E-state index is 0.267. The zero-order valence-corrected chi connectivity index (χ0v) is 7.87. The van der Waals surface area contributed by atoms with E-state index < -0.39 is 9.84 Å². The smallest absolute Gasteiger partial charge is 0.194 e. The summed E-state index contributed by atoms with van der Waals surface area (Å²) in [5.74, 6) is 0. The second kappa shape index (κ2) is 4.01. The lowest BCUT2D eigenvalue weighted by atomic mass is 11.0. The summed E-state index contributed by atoms with van der Waals surface area (Å²) in [5.41, 5.74) is 0. The molecule has 0 aromatic heterocycles. The van der Waals surface area contributed by atoms with Gasteiger partial charge in [-0.25, -0.2) is 8.42 Å². The van der Waals surface area contributed by atoms with Gasteiger partial charge in [-0.1, -0.05) is 18.4 Å². The Hall–Kier alpha value is -1.17. The first kappa shape index (κ1) is 10.8. The Bertz CT molecular complexity index is 305. The van der Waals surface area contributed by atoms with E-state index in [1.54, 1.807) is 7.05 Å². The molecule has 0 aliphatic carbocycles. The third kappa shape index (κ3) is 3.87. The van der Waals surface area contributed by atoms with Gasteiger partial charge in [0.2, 0.25) is 0 Å². The van der Waals surface area contributed by atoms with E-state index in [4.69, 9.17) is 0 Å². The van der Waals surface area contributed by atoms with E-state index >= 15 is 0 Å². The van der Waals surface area contributed by atoms with Crippen LogP contribution in [0.25, 0.3) is 0 Å². The van der Waals surface area contributed by atoms with Gasteiger partial charge in [-0.05, 0) is 0 Å². The molecule has 0 N–H and O–H groups in total. The minimum atomic E-state index is -3.32. The lowest BCUT2D eigenvalue weighted by molar-refractivity contribution is 0.456. The summed E-state index contributed by atoms with van der Waals surface area (Å²) in [6.07, 6.45) is 2.40. The Morgan fingerprint density at radius 2 is 2.08 bits per heavy atom. The molecule has 0 radical (unpaired) electrons. The van der Waals surface area contributed by atoms with Crippen LogP contribution >= 0.6 is 0 Å². The van der Waals surface area contributed by atoms with Crippen LogP contribution in [0.2, 0.25) is 0 Å². The molecule has 0 atom stereocenters. The number of rotatable bonds is 4. The van der Waals surface area contributed by atoms with Gasteiger partial charge in [0.25, 0.3) is 0 Å². The predicted octanol–water partition coefficient (Wildman–Crippen LogP) is 0.945. The fourth-order valence-electron chi connectivity index (χ4n) is 0.231. The quantitative estimate of drug-likeness (QED) is 0.488. The van der Waals surface area contributed by atoms with Gasteiger partial charge < -0.3 is 0 Å². The molecule has 0 amide bonds. The molecule has 5 nitrogen and oxygen atoms in total. The van der Waals surface area contributed by atoms with Crippen LogP contribution in [-0.4, -0.2) is 26.7 Å². The first-order valence-electron chi connectivity index (χ1n) is 3.04. The van der Waals surface area contributed by atoms with E-state index in [1.165, 1.54) is 11.2 Å². The van der Waals surface area contributed by atoms with Crippen molar-refractivity contribution in [2.45, 2.75) is 0 Å². The summed E-state index contributed by atoms with van der Waals surface area (Å²) >= 11 is 0. The van der Waals surface area contributed by atoms with Crippen LogP contribution in [0.15, 0.2) is 34.7 Å². The fourth-order valence-corrected chi connectivity index (χ4v) is 0.416. The van der Waals surface area contributed by atoms with Gasteiger partial charge >= 0.3 is 0 Å². The van der Waals surface area contributed by atoms with Gasteiger partial charge in [-0.15, -0.1) is 5.11 Å². The number of nitrogens with zero attached hydrogens (tertiary/aromatic N) is 3. The standard InChI is InChI=1S/C6H11N3O2S/c1-5-9(3)8-7-6(2)12(4,10)11/h5H,1-2H2,3-4H3. The Kier molecular flexibility index (Phi) is 3.62. The van der Waals surface area contributed by atoms with Crippen molar-refractivity contribution < 1.29 is 8.42 Å². The maximum atomic E-state index is 10.7. The lowest BCUT2D eigenvalue weighted by Gasteiger charge is -2.01. The van der Waals surface area contributed by atoms with Crippen molar-refractivity contribution in [1.29, 1.82) is 0 Å². The molecule has 0 heterocycles. The van der Waals surface area contributed by atoms with Crippen LogP contribution in [0.5, 0.6) is 0 Å². The van der Waals surface area contributed by atoms with Crippen molar-refractivity contribution >= 4 is 9.84 Å². The van der Waals surface area contributed by atoms with Crippen molar-refractivity contribution in [2.75, 3.05) is 13.3 Å². The van der Waals surface area contributed by atoms with Gasteiger partial charge in [0.1, 0.15) is 0 Å². The molecule has 0 aromatic rings. The van der Waals surface area contributed by atoms with Gasteiger partial charge in [-0.2, -0.15) is 0 Å². The van der Waals surface area contributed by atoms with Crippen LogP contribution in [0.1, 0.15) is 0 Å². The molecule has 68 valence electrons. The molecule has 0 fully saturated rings. The topological polar surface area (TPSA) is 62.1 Å². The average Bonchev–Trinajstić information content (AvgIpc) is 1.97. The second-order valence-electron chi connectivity index (χ2n) is 2.11. The number of sulfone groups is 1. The van der Waals surface area contributed by atoms with E-state index in [1.807, 2.05) is 0 Å². The van der Waals surface area contributed by atoms with Crippen LogP contribution in [-0.2, 0) is 9.84 Å². The zero-order chi connectivity index (χ0) is 9.78. The highest BCUT2D eigenvalue weighted by molar-refractivity contribution is 7.94. The minimum Gasteiger partial charge on any atom is -0.258 e. The van der Waals surface area contributed by atoms with Gasteiger partial charge in [-0.3, -0.25) is 5.01 Å². The van der Waals surface area contributed by atoms with E-state index in [0.29, 0.717) is 0 Å². The molecule has 0 aliphatic heterocycles. The van der Waals surface area contributed by atoms with Crippen LogP contribution in [0.3, 0.4) is 0 Å². The summed E-state index contributed by atoms with van der Waals surface area (Å²) in [6, 6.07) is 0. The molecule has 0 bridgehead atoms. The number of hydrogen-bond acceptors (Lipinski definition) is 4. The molecule has 0 unspecified atom stereocenters. The van der Waals surface area contributed by atoms with Crippen LogP contribution in [0, 0.1) is 0 Å². The highest BCUT2D eigenvalue weighted by Crippen LogP contribution is 2.03. The summed E-state index contributed by atoms with van der Waals surface area (Å²) < 4.78 is 21.5. The van der Waals surface area contributed by atoms with Crippen molar-refractivity contribution in [3.05, 3.63) is 24.4 Å². The molecule has 0 saturated heterocycles. The molecule has 0 saturated carbocycles. The third-order valence-corrected chi connectivity index (χ3v) is 1.93. The van der Waals surface area contributed by atoms with Crippen molar-refractivity contribution in [1.82, 2.24) is 5.01 Å². The summed E-state index contributed by atoms with van der Waals surface area (Å²) in [6.45, 7) is 6.62. The average molecular weight is 189 g/mol. The van der Waals surface area contributed by atoms with Crippen molar-refractivity contribution in [2.24, 2.45) is 10.3 Å². The zero-order valence-electron chi connectivity index (χ0n) is 7.06. The Balaban J connectivity index is 4.39. The molecular formula is C6H11N3O2S. The fraction of sp³-hybridized carbons (Fsp3) is 0.333. The molecule has 6 heteroatoms. The van der Waals surface area contributed by atoms with Crippen LogP contribution in [0.4, 0.5) is 0 Å². The normalized spacial score (nSPS) is 11.5. The summed E-state index contributed by atoms with van der Waals surface area (Å²) in [7, 11) is -1.75. The Morgan fingerprint density at radius 3 is 2.42 bits per heavy atom. The lowest BCUT2D eigenvalue weighted by Crippen LogP contribution is -2.01. The Labute approximate surface area is 72.0 Å². The maximum absolute atomic E-state index is 10.7. The second-order valence-corrected chi connectivity index (χ2v) is 4.13. The molecule has 12 heavy (non-hydrogen) atoms. The molecule has 0 aromatic carbocycles. The van der Waals surface area contributed by atoms with Crippen molar-refractivity contribution in [3.63, 3.8) is 0 Å². The van der Waals surface area contributed by atoms with E-state index in [0.717, 1.165) is 6.26 Å². The van der Waals surface area contributed by atoms with E-state index in [9.17, 15) is 8.42 Å². The first-order valence-corrected chi connectivity index (χ1v) is 4.93. The third-order valence-electron chi connectivity index (χ3n) is 0.990. The molecular weight excluding hydrogens is 178 g/mol. The van der Waals surface area contributed by atoms with E-state index in [-0.39, 0.29) is 5.03 Å². The van der Waals surface area contributed by atoms with Gasteiger partial charge in [0.15, 0.2) is 14.9 Å². The summed E-state index contributed by atoms with van der Waals surface area (Å²) in [5, 5.41) is 7.84. The highest BCUT2D eigenvalue weighted by Gasteiger charge is 2.06. The van der Waals surface area contributed by atoms with Gasteiger partial charge in [0, 0.05) is 19.5 Å². The maximum Gasteiger partial charge on any atom is 0.194 e. The molecule has 0 rings (SSSR count). The van der Waals surface area contributed by atoms with Crippen LogP contribution < -0.4 is 0 Å². The summed E-state index contributed by atoms with van der Waals surface area (Å²) in [4.78, 5) is 0. The first-order chi connectivity index (χ1) is 5.38. The molecule has 0 aliphatic rings. The molecule has 0 spiro atoms. The van der Waals surface area contributed by atoms with Crippen molar-refractivity contribution in [3.8, 4) is 0 Å². The van der Waals surface area contributed by atoms with E-state index in [2.05, 4.69) is 23.5 Å².